The van der Waals surface area contributed by atoms with Gasteiger partial charge in [-0.25, -0.2) is 0 Å². The van der Waals surface area contributed by atoms with Gasteiger partial charge < -0.3 is 14.8 Å². The lowest BCUT2D eigenvalue weighted by molar-refractivity contribution is -0.117. The summed E-state index contributed by atoms with van der Waals surface area (Å²) in [6.07, 6.45) is 0. The van der Waals surface area contributed by atoms with Crippen LogP contribution in [-0.2, 0) is 4.79 Å². The number of methoxy groups -OCH3 is 1. The first-order valence-electron chi connectivity index (χ1n) is 8.82. The number of alkyl halides is 2. The van der Waals surface area contributed by atoms with E-state index < -0.39 is 12.5 Å². The highest BCUT2D eigenvalue weighted by Crippen LogP contribution is 2.29. The Bertz CT molecular complexity index is 1000. The van der Waals surface area contributed by atoms with Crippen molar-refractivity contribution in [2.24, 2.45) is 0 Å². The van der Waals surface area contributed by atoms with Crippen molar-refractivity contribution in [3.8, 4) is 11.5 Å². The molecule has 28 heavy (non-hydrogen) atoms. The van der Waals surface area contributed by atoms with Gasteiger partial charge in [-0.2, -0.15) is 8.78 Å². The molecule has 3 rings (SSSR count). The molecule has 0 aliphatic heterocycles. The Labute approximate surface area is 162 Å². The van der Waals surface area contributed by atoms with E-state index in [1.165, 1.54) is 6.07 Å². The van der Waals surface area contributed by atoms with Gasteiger partial charge in [0.2, 0.25) is 5.91 Å². The monoisotopic (exact) mass is 385 g/mol. The minimum absolute atomic E-state index is 0.0418. The van der Waals surface area contributed by atoms with Crippen LogP contribution < -0.4 is 14.8 Å². The summed E-state index contributed by atoms with van der Waals surface area (Å²) in [4.78, 5) is 12.7. The van der Waals surface area contributed by atoms with E-state index in [1.54, 1.807) is 33.1 Å². The average molecular weight is 385 g/mol. The summed E-state index contributed by atoms with van der Waals surface area (Å²) in [5.74, 6) is 0.156. The standard InChI is InChI=1S/C22H21F2NO3/c1-13(15-7-8-17-12-18(27-3)10-9-16(17)11-15)21(26)25-19-5-4-6-20(14(19)2)28-22(23)24/h4-13,22H,1-3H3,(H,25,26)/t13-/m0/s1. The Balaban J connectivity index is 1.80. The molecule has 0 fully saturated rings. The van der Waals surface area contributed by atoms with E-state index in [0.29, 0.717) is 11.3 Å². The Morgan fingerprint density at radius 1 is 1.04 bits per heavy atom. The van der Waals surface area contributed by atoms with Crippen molar-refractivity contribution in [1.29, 1.82) is 0 Å². The number of benzene rings is 3. The van der Waals surface area contributed by atoms with Crippen LogP contribution in [0, 0.1) is 6.92 Å². The van der Waals surface area contributed by atoms with Crippen LogP contribution in [0.4, 0.5) is 14.5 Å². The molecule has 4 nitrogen and oxygen atoms in total. The first kappa shape index (κ1) is 19.6. The Morgan fingerprint density at radius 3 is 2.46 bits per heavy atom. The molecule has 0 saturated heterocycles. The maximum absolute atomic E-state index is 12.7. The van der Waals surface area contributed by atoms with Crippen molar-refractivity contribution < 1.29 is 23.0 Å². The van der Waals surface area contributed by atoms with Crippen LogP contribution in [0.25, 0.3) is 10.8 Å². The number of nitrogens with one attached hydrogen (secondary N) is 1. The van der Waals surface area contributed by atoms with Crippen LogP contribution in [0.3, 0.4) is 0 Å². The number of carbonyl (C=O) groups is 1. The number of rotatable bonds is 6. The van der Waals surface area contributed by atoms with Crippen molar-refractivity contribution in [1.82, 2.24) is 0 Å². The largest absolute Gasteiger partial charge is 0.497 e. The van der Waals surface area contributed by atoms with E-state index in [0.717, 1.165) is 22.1 Å². The quantitative estimate of drug-likeness (QED) is 0.609. The summed E-state index contributed by atoms with van der Waals surface area (Å²) in [6, 6.07) is 16.2. The maximum Gasteiger partial charge on any atom is 0.387 e. The average Bonchev–Trinajstić information content (AvgIpc) is 2.69. The zero-order chi connectivity index (χ0) is 20.3. The minimum atomic E-state index is -2.92. The molecular weight excluding hydrogens is 364 g/mol. The molecule has 3 aromatic carbocycles. The number of ether oxygens (including phenoxy) is 2. The lowest BCUT2D eigenvalue weighted by atomic mass is 9.96. The predicted octanol–water partition coefficient (Wildman–Crippen LogP) is 5.50. The molecule has 1 atom stereocenters. The molecule has 0 bridgehead atoms. The van der Waals surface area contributed by atoms with E-state index in [4.69, 9.17) is 4.74 Å². The molecule has 146 valence electrons. The van der Waals surface area contributed by atoms with Crippen molar-refractivity contribution in [3.63, 3.8) is 0 Å². The van der Waals surface area contributed by atoms with Crippen LogP contribution in [0.2, 0.25) is 0 Å². The van der Waals surface area contributed by atoms with Gasteiger partial charge in [-0.05, 0) is 54.4 Å². The normalized spacial score (nSPS) is 12.1. The Kier molecular flexibility index (Phi) is 5.78. The van der Waals surface area contributed by atoms with E-state index >= 15 is 0 Å². The zero-order valence-corrected chi connectivity index (χ0v) is 15.8. The van der Waals surface area contributed by atoms with Crippen LogP contribution in [-0.4, -0.2) is 19.6 Å². The number of anilines is 1. The highest BCUT2D eigenvalue weighted by molar-refractivity contribution is 5.97. The molecule has 0 spiro atoms. The molecule has 0 saturated carbocycles. The molecule has 6 heteroatoms. The summed E-state index contributed by atoms with van der Waals surface area (Å²) in [5.41, 5.74) is 1.75. The summed E-state index contributed by atoms with van der Waals surface area (Å²) in [6.45, 7) is 0.510. The molecule has 0 heterocycles. The third-order valence-corrected chi connectivity index (χ3v) is 4.72. The number of hydrogen-bond donors (Lipinski definition) is 1. The number of amides is 1. The van der Waals surface area contributed by atoms with Gasteiger partial charge in [0.05, 0.1) is 13.0 Å². The van der Waals surface area contributed by atoms with E-state index in [2.05, 4.69) is 10.1 Å². The number of hydrogen-bond acceptors (Lipinski definition) is 3. The molecule has 0 radical (unpaired) electrons. The fourth-order valence-corrected chi connectivity index (χ4v) is 3.00. The van der Waals surface area contributed by atoms with Gasteiger partial charge in [-0.3, -0.25) is 4.79 Å². The molecule has 1 N–H and O–H groups in total. The lowest BCUT2D eigenvalue weighted by Crippen LogP contribution is -2.19. The molecule has 1 amide bonds. The van der Waals surface area contributed by atoms with Gasteiger partial charge >= 0.3 is 6.61 Å². The third-order valence-electron chi connectivity index (χ3n) is 4.72. The molecule has 0 aliphatic carbocycles. The highest BCUT2D eigenvalue weighted by Gasteiger charge is 2.18. The van der Waals surface area contributed by atoms with E-state index in [1.807, 2.05) is 36.4 Å². The van der Waals surface area contributed by atoms with Crippen molar-refractivity contribution in [3.05, 3.63) is 65.7 Å². The van der Waals surface area contributed by atoms with Gasteiger partial charge in [-0.15, -0.1) is 0 Å². The van der Waals surface area contributed by atoms with Crippen molar-refractivity contribution in [2.45, 2.75) is 26.4 Å². The maximum atomic E-state index is 12.7. The topological polar surface area (TPSA) is 47.6 Å². The number of carbonyl (C=O) groups excluding carboxylic acids is 1. The molecule has 0 aromatic heterocycles. The zero-order valence-electron chi connectivity index (χ0n) is 15.8. The van der Waals surface area contributed by atoms with Crippen LogP contribution in [0.1, 0.15) is 24.0 Å². The van der Waals surface area contributed by atoms with Gasteiger partial charge in [0.25, 0.3) is 0 Å². The van der Waals surface area contributed by atoms with E-state index in [9.17, 15) is 13.6 Å². The Morgan fingerprint density at radius 2 is 1.75 bits per heavy atom. The fourth-order valence-electron chi connectivity index (χ4n) is 3.00. The molecule has 0 aliphatic rings. The second kappa shape index (κ2) is 8.25. The summed E-state index contributed by atoms with van der Waals surface area (Å²) in [5, 5.41) is 4.82. The SMILES string of the molecule is COc1ccc2cc([C@H](C)C(=O)Nc3cccc(OC(F)F)c3C)ccc2c1. The van der Waals surface area contributed by atoms with Crippen LogP contribution in [0.5, 0.6) is 11.5 Å². The van der Waals surface area contributed by atoms with Crippen molar-refractivity contribution >= 4 is 22.4 Å². The number of fused-ring (bicyclic) bond motifs is 1. The van der Waals surface area contributed by atoms with Gasteiger partial charge in [-0.1, -0.05) is 30.3 Å². The summed E-state index contributed by atoms with van der Waals surface area (Å²) >= 11 is 0. The number of halogens is 2. The van der Waals surface area contributed by atoms with Gasteiger partial charge in [0.15, 0.2) is 0 Å². The third kappa shape index (κ3) is 4.22. The second-order valence-electron chi connectivity index (χ2n) is 6.49. The van der Waals surface area contributed by atoms with Crippen molar-refractivity contribution in [2.75, 3.05) is 12.4 Å². The molecule has 0 unspecified atom stereocenters. The van der Waals surface area contributed by atoms with E-state index in [-0.39, 0.29) is 11.7 Å². The first-order chi connectivity index (χ1) is 13.4. The fraction of sp³-hybridized carbons (Fsp3) is 0.227. The molecule has 3 aromatic rings. The summed E-state index contributed by atoms with van der Waals surface area (Å²) < 4.78 is 34.7. The van der Waals surface area contributed by atoms with Crippen LogP contribution in [0.15, 0.2) is 54.6 Å². The van der Waals surface area contributed by atoms with Gasteiger partial charge in [0, 0.05) is 11.3 Å². The Hall–Kier alpha value is -3.15. The predicted molar refractivity (Wildman–Crippen MR) is 105 cm³/mol. The van der Waals surface area contributed by atoms with Gasteiger partial charge in [0.1, 0.15) is 11.5 Å². The summed E-state index contributed by atoms with van der Waals surface area (Å²) in [7, 11) is 1.62. The van der Waals surface area contributed by atoms with Crippen LogP contribution >= 0.6 is 0 Å². The first-order valence-corrected chi connectivity index (χ1v) is 8.82. The second-order valence-corrected chi connectivity index (χ2v) is 6.49. The lowest BCUT2D eigenvalue weighted by Gasteiger charge is -2.16. The smallest absolute Gasteiger partial charge is 0.387 e. The molecular formula is C22H21F2NO3. The minimum Gasteiger partial charge on any atom is -0.497 e. The highest BCUT2D eigenvalue weighted by atomic mass is 19.3.